The van der Waals surface area contributed by atoms with Gasteiger partial charge in [0.25, 0.3) is 5.91 Å². The van der Waals surface area contributed by atoms with Gasteiger partial charge in [0.05, 0.1) is 22.8 Å². The quantitative estimate of drug-likeness (QED) is 0.320. The number of aliphatic imine (C=N–C) groups is 1. The molecule has 3 aromatic rings. The van der Waals surface area contributed by atoms with Gasteiger partial charge in [-0.2, -0.15) is 10.1 Å². The second kappa shape index (κ2) is 10.8. The molecule has 1 saturated heterocycles. The lowest BCUT2D eigenvalue weighted by Crippen LogP contribution is -2.47. The van der Waals surface area contributed by atoms with Gasteiger partial charge in [-0.25, -0.2) is 4.68 Å². The molecule has 2 aliphatic rings. The third kappa shape index (κ3) is 5.55. The molecule has 0 N–H and O–H groups in total. The molecule has 0 aliphatic carbocycles. The van der Waals surface area contributed by atoms with Crippen molar-refractivity contribution in [3.8, 4) is 22.7 Å². The van der Waals surface area contributed by atoms with Crippen LogP contribution in [0.5, 0.6) is 5.75 Å². The van der Waals surface area contributed by atoms with Crippen LogP contribution in [0.15, 0.2) is 77.3 Å². The summed E-state index contributed by atoms with van der Waals surface area (Å²) in [5.74, 6) is 0.578. The fourth-order valence-corrected chi connectivity index (χ4v) is 5.47. The third-order valence-corrected chi connectivity index (χ3v) is 7.20. The Morgan fingerprint density at radius 1 is 1.16 bits per heavy atom. The molecule has 0 bridgehead atoms. The fourth-order valence-electron chi connectivity index (χ4n) is 4.55. The van der Waals surface area contributed by atoms with Crippen molar-refractivity contribution in [3.63, 3.8) is 0 Å². The van der Waals surface area contributed by atoms with Crippen LogP contribution in [0.3, 0.4) is 0 Å². The average Bonchev–Trinajstić information content (AvgIpc) is 3.47. The zero-order chi connectivity index (χ0) is 25.9. The Hall–Kier alpha value is -3.62. The number of aromatic nitrogens is 2. The molecule has 7 nitrogen and oxygen atoms in total. The summed E-state index contributed by atoms with van der Waals surface area (Å²) >= 11 is 1.41. The Kier molecular flexibility index (Phi) is 7.30. The standard InChI is InChI=1S/C29H30N4O3S/c1-5-13-35-25-12-11-22(14-19(25)2)27-23(18-33(31-27)24-9-7-6-8-10-24)15-26-28(34)30-29(37-26)32-16-20(3)36-21(4)17-32/h5-12,14-15,18,20-21H,1,13,16-17H2,2-4H3/b26-15+. The van der Waals surface area contributed by atoms with E-state index < -0.39 is 0 Å². The van der Waals surface area contributed by atoms with Crippen molar-refractivity contribution in [2.75, 3.05) is 19.7 Å². The number of thioether (sulfide) groups is 1. The molecule has 8 heteroatoms. The first kappa shape index (κ1) is 25.0. The number of hydrogen-bond acceptors (Lipinski definition) is 6. The number of rotatable bonds is 6. The highest BCUT2D eigenvalue weighted by atomic mass is 32.2. The third-order valence-electron chi connectivity index (χ3n) is 6.15. The van der Waals surface area contributed by atoms with Crippen LogP contribution in [0, 0.1) is 6.92 Å². The van der Waals surface area contributed by atoms with E-state index in [0.29, 0.717) is 24.6 Å². The van der Waals surface area contributed by atoms with Crippen LogP contribution in [-0.2, 0) is 9.53 Å². The van der Waals surface area contributed by atoms with Gasteiger partial charge in [-0.15, -0.1) is 0 Å². The average molecular weight is 515 g/mol. The van der Waals surface area contributed by atoms with Gasteiger partial charge in [-0.1, -0.05) is 30.9 Å². The van der Waals surface area contributed by atoms with Gasteiger partial charge in [0.1, 0.15) is 18.1 Å². The van der Waals surface area contributed by atoms with E-state index in [4.69, 9.17) is 14.6 Å². The van der Waals surface area contributed by atoms with Crippen molar-refractivity contribution in [1.82, 2.24) is 14.7 Å². The summed E-state index contributed by atoms with van der Waals surface area (Å²) in [4.78, 5) is 20.0. The van der Waals surface area contributed by atoms with E-state index in [1.54, 1.807) is 6.08 Å². The number of para-hydroxylation sites is 1. The number of carbonyl (C=O) groups is 1. The number of amides is 1. The van der Waals surface area contributed by atoms with Crippen LogP contribution in [0.1, 0.15) is 25.0 Å². The Morgan fingerprint density at radius 3 is 2.62 bits per heavy atom. The summed E-state index contributed by atoms with van der Waals surface area (Å²) in [6.07, 6.45) is 5.76. The Labute approximate surface area is 221 Å². The van der Waals surface area contributed by atoms with Crippen molar-refractivity contribution in [2.45, 2.75) is 33.0 Å². The lowest BCUT2D eigenvalue weighted by atomic mass is 10.0. The molecular formula is C29H30N4O3S. The van der Waals surface area contributed by atoms with E-state index in [1.165, 1.54) is 11.8 Å². The van der Waals surface area contributed by atoms with Gasteiger partial charge in [-0.3, -0.25) is 4.79 Å². The number of aryl methyl sites for hydroxylation is 1. The summed E-state index contributed by atoms with van der Waals surface area (Å²) in [5, 5.41) is 5.64. The molecule has 0 radical (unpaired) electrons. The van der Waals surface area contributed by atoms with Crippen LogP contribution in [0.25, 0.3) is 23.0 Å². The molecule has 190 valence electrons. The minimum Gasteiger partial charge on any atom is -0.489 e. The second-order valence-electron chi connectivity index (χ2n) is 9.27. The van der Waals surface area contributed by atoms with Gasteiger partial charge < -0.3 is 14.4 Å². The highest BCUT2D eigenvalue weighted by Gasteiger charge is 2.31. The largest absolute Gasteiger partial charge is 0.489 e. The van der Waals surface area contributed by atoms with Gasteiger partial charge in [0.2, 0.25) is 0 Å². The first-order valence-corrected chi connectivity index (χ1v) is 13.2. The van der Waals surface area contributed by atoms with Crippen molar-refractivity contribution in [3.05, 3.63) is 83.4 Å². The second-order valence-corrected chi connectivity index (χ2v) is 10.3. The predicted molar refractivity (Wildman–Crippen MR) is 149 cm³/mol. The van der Waals surface area contributed by atoms with Crippen molar-refractivity contribution in [1.29, 1.82) is 0 Å². The molecule has 3 heterocycles. The highest BCUT2D eigenvalue weighted by molar-refractivity contribution is 8.18. The fraction of sp³-hybridized carbons (Fsp3) is 0.276. The van der Waals surface area contributed by atoms with E-state index in [-0.39, 0.29) is 18.1 Å². The number of nitrogens with zero attached hydrogens (tertiary/aromatic N) is 4. The van der Waals surface area contributed by atoms with Gasteiger partial charge in [0.15, 0.2) is 5.17 Å². The van der Waals surface area contributed by atoms with E-state index in [1.807, 2.05) is 80.2 Å². The van der Waals surface area contributed by atoms with Crippen molar-refractivity contribution in [2.24, 2.45) is 4.99 Å². The molecule has 0 spiro atoms. The summed E-state index contributed by atoms with van der Waals surface area (Å²) in [6, 6.07) is 15.9. The SMILES string of the molecule is C=CCOc1ccc(-c2nn(-c3ccccc3)cc2/C=C2/SC(N3CC(C)OC(C)C3)=NC2=O)cc1C. The summed E-state index contributed by atoms with van der Waals surface area (Å²) in [6.45, 7) is 11.7. The number of morpholine rings is 1. The summed E-state index contributed by atoms with van der Waals surface area (Å²) < 4.78 is 13.4. The first-order chi connectivity index (χ1) is 17.9. The summed E-state index contributed by atoms with van der Waals surface area (Å²) in [5.41, 5.74) is 4.51. The van der Waals surface area contributed by atoms with E-state index in [2.05, 4.69) is 22.5 Å². The molecule has 1 aromatic heterocycles. The van der Waals surface area contributed by atoms with Crippen LogP contribution in [-0.4, -0.2) is 57.7 Å². The molecular weight excluding hydrogens is 484 g/mol. The maximum Gasteiger partial charge on any atom is 0.286 e. The molecule has 2 atom stereocenters. The number of carbonyl (C=O) groups excluding carboxylic acids is 1. The molecule has 2 aromatic carbocycles. The zero-order valence-corrected chi connectivity index (χ0v) is 22.1. The summed E-state index contributed by atoms with van der Waals surface area (Å²) in [7, 11) is 0. The van der Waals surface area contributed by atoms with Crippen molar-refractivity contribution >= 4 is 28.9 Å². The topological polar surface area (TPSA) is 68.9 Å². The maximum absolute atomic E-state index is 12.9. The highest BCUT2D eigenvalue weighted by Crippen LogP contribution is 2.35. The lowest BCUT2D eigenvalue weighted by molar-refractivity contribution is -0.113. The monoisotopic (exact) mass is 514 g/mol. The Bertz CT molecular complexity index is 1370. The van der Waals surface area contributed by atoms with E-state index in [9.17, 15) is 4.79 Å². The molecule has 2 unspecified atom stereocenters. The smallest absolute Gasteiger partial charge is 0.286 e. The van der Waals surface area contributed by atoms with Gasteiger partial charge >= 0.3 is 0 Å². The van der Waals surface area contributed by atoms with E-state index in [0.717, 1.165) is 39.0 Å². The predicted octanol–water partition coefficient (Wildman–Crippen LogP) is 5.49. The number of ether oxygens (including phenoxy) is 2. The Balaban J connectivity index is 1.49. The van der Waals surface area contributed by atoms with Crippen molar-refractivity contribution < 1.29 is 14.3 Å². The van der Waals surface area contributed by atoms with E-state index >= 15 is 0 Å². The minimum atomic E-state index is -0.227. The van der Waals surface area contributed by atoms with Crippen LogP contribution in [0.2, 0.25) is 0 Å². The lowest BCUT2D eigenvalue weighted by Gasteiger charge is -2.35. The zero-order valence-electron chi connectivity index (χ0n) is 21.3. The molecule has 1 amide bonds. The number of hydrogen-bond donors (Lipinski definition) is 0. The number of benzene rings is 2. The molecule has 1 fully saturated rings. The van der Waals surface area contributed by atoms with Gasteiger partial charge in [-0.05, 0) is 74.5 Å². The molecule has 2 aliphatic heterocycles. The maximum atomic E-state index is 12.9. The molecule has 5 rings (SSSR count). The van der Waals surface area contributed by atoms with Crippen LogP contribution >= 0.6 is 11.8 Å². The minimum absolute atomic E-state index is 0.0903. The normalized spacial score (nSPS) is 20.8. The first-order valence-electron chi connectivity index (χ1n) is 12.3. The van der Waals surface area contributed by atoms with Crippen LogP contribution < -0.4 is 4.74 Å². The Morgan fingerprint density at radius 2 is 1.92 bits per heavy atom. The molecule has 0 saturated carbocycles. The molecule has 37 heavy (non-hydrogen) atoms. The van der Waals surface area contributed by atoms with Gasteiger partial charge in [0, 0.05) is 30.4 Å². The number of amidine groups is 1. The van der Waals surface area contributed by atoms with Crippen LogP contribution in [0.4, 0.5) is 0 Å².